The van der Waals surface area contributed by atoms with Crippen molar-refractivity contribution in [2.45, 2.75) is 13.5 Å². The summed E-state index contributed by atoms with van der Waals surface area (Å²) < 4.78 is 5.22. The van der Waals surface area contributed by atoms with Gasteiger partial charge < -0.3 is 10.1 Å². The van der Waals surface area contributed by atoms with Gasteiger partial charge in [-0.05, 0) is 53.1 Å². The number of hydrogen-bond acceptors (Lipinski definition) is 2. The molecule has 116 valence electrons. The molecule has 0 aliphatic rings. The third-order valence-corrected chi connectivity index (χ3v) is 3.92. The summed E-state index contributed by atoms with van der Waals surface area (Å²) in [5, 5.41) is 5.35. The molecule has 0 radical (unpaired) electrons. The quantitative estimate of drug-likeness (QED) is 0.788. The molecule has 3 nitrogen and oxygen atoms in total. The van der Waals surface area contributed by atoms with Crippen LogP contribution >= 0.6 is 0 Å². The summed E-state index contributed by atoms with van der Waals surface area (Å²) in [7, 11) is 1.63. The van der Waals surface area contributed by atoms with E-state index in [4.69, 9.17) is 4.74 Å². The number of amides is 1. The molecule has 0 aliphatic carbocycles. The fraction of sp³-hybridized carbons (Fsp3) is 0.150. The maximum absolute atomic E-state index is 12.3. The number of methoxy groups -OCH3 is 1. The van der Waals surface area contributed by atoms with E-state index in [1.165, 1.54) is 10.8 Å². The van der Waals surface area contributed by atoms with Gasteiger partial charge in [-0.3, -0.25) is 4.79 Å². The molecule has 3 heteroatoms. The number of ether oxygens (including phenoxy) is 1. The molecule has 0 heterocycles. The highest BCUT2D eigenvalue weighted by Crippen LogP contribution is 2.19. The Kier molecular flexibility index (Phi) is 4.29. The maximum Gasteiger partial charge on any atom is 0.251 e. The van der Waals surface area contributed by atoms with E-state index in [-0.39, 0.29) is 5.91 Å². The molecule has 0 bridgehead atoms. The summed E-state index contributed by atoms with van der Waals surface area (Å²) >= 11 is 0. The number of hydrogen-bond donors (Lipinski definition) is 1. The van der Waals surface area contributed by atoms with Gasteiger partial charge in [0.25, 0.3) is 5.91 Å². The molecule has 0 saturated carbocycles. The van der Waals surface area contributed by atoms with Crippen molar-refractivity contribution >= 4 is 16.7 Å². The van der Waals surface area contributed by atoms with Crippen molar-refractivity contribution < 1.29 is 9.53 Å². The molecule has 0 atom stereocenters. The Bertz CT molecular complexity index is 855. The molecule has 3 aromatic carbocycles. The minimum absolute atomic E-state index is 0.0797. The highest BCUT2D eigenvalue weighted by molar-refractivity contribution is 5.94. The van der Waals surface area contributed by atoms with E-state index in [0.29, 0.717) is 12.1 Å². The van der Waals surface area contributed by atoms with Gasteiger partial charge in [-0.25, -0.2) is 0 Å². The number of nitrogens with one attached hydrogen (secondary N) is 1. The van der Waals surface area contributed by atoms with Gasteiger partial charge in [-0.2, -0.15) is 0 Å². The summed E-state index contributed by atoms with van der Waals surface area (Å²) in [5.41, 5.74) is 2.68. The number of benzene rings is 3. The molecular formula is C20H19NO2. The van der Waals surface area contributed by atoms with E-state index in [2.05, 4.69) is 29.6 Å². The highest BCUT2D eigenvalue weighted by atomic mass is 16.5. The summed E-state index contributed by atoms with van der Waals surface area (Å²) in [5.74, 6) is 0.708. The minimum Gasteiger partial charge on any atom is -0.496 e. The molecule has 0 aromatic heterocycles. The van der Waals surface area contributed by atoms with Gasteiger partial charge in [0, 0.05) is 12.1 Å². The van der Waals surface area contributed by atoms with E-state index in [1.807, 2.05) is 37.3 Å². The lowest BCUT2D eigenvalue weighted by Crippen LogP contribution is -2.22. The predicted molar refractivity (Wildman–Crippen MR) is 92.8 cm³/mol. The zero-order valence-corrected chi connectivity index (χ0v) is 13.3. The lowest BCUT2D eigenvalue weighted by Gasteiger charge is -2.09. The van der Waals surface area contributed by atoms with Crippen LogP contribution in [0.5, 0.6) is 5.75 Å². The molecule has 3 rings (SSSR count). The van der Waals surface area contributed by atoms with Crippen LogP contribution in [0.2, 0.25) is 0 Å². The second-order valence-electron chi connectivity index (χ2n) is 5.55. The lowest BCUT2D eigenvalue weighted by molar-refractivity contribution is 0.0951. The minimum atomic E-state index is -0.0797. The van der Waals surface area contributed by atoms with Gasteiger partial charge in [0.05, 0.1) is 7.11 Å². The van der Waals surface area contributed by atoms with Crippen LogP contribution in [-0.4, -0.2) is 13.0 Å². The van der Waals surface area contributed by atoms with Crippen molar-refractivity contribution in [3.05, 3.63) is 77.4 Å². The van der Waals surface area contributed by atoms with Crippen molar-refractivity contribution in [2.75, 3.05) is 7.11 Å². The zero-order valence-electron chi connectivity index (χ0n) is 13.3. The molecule has 23 heavy (non-hydrogen) atoms. The average molecular weight is 305 g/mol. The van der Waals surface area contributed by atoms with Crippen LogP contribution in [0, 0.1) is 6.92 Å². The van der Waals surface area contributed by atoms with Gasteiger partial charge >= 0.3 is 0 Å². The zero-order chi connectivity index (χ0) is 16.2. The fourth-order valence-electron chi connectivity index (χ4n) is 2.65. The standard InChI is InChI=1S/C20H19NO2/c1-14-11-18(9-10-19(14)23-2)20(22)21-13-15-7-8-16-5-3-4-6-17(16)12-15/h3-12H,13H2,1-2H3,(H,21,22). The largest absolute Gasteiger partial charge is 0.496 e. The molecule has 3 aromatic rings. The normalized spacial score (nSPS) is 10.5. The summed E-state index contributed by atoms with van der Waals surface area (Å²) in [4.78, 5) is 12.3. The first-order valence-electron chi connectivity index (χ1n) is 7.58. The van der Waals surface area contributed by atoms with Crippen molar-refractivity contribution in [2.24, 2.45) is 0 Å². The van der Waals surface area contributed by atoms with Crippen molar-refractivity contribution in [1.82, 2.24) is 5.32 Å². The first-order valence-corrected chi connectivity index (χ1v) is 7.58. The number of rotatable bonds is 4. The van der Waals surface area contributed by atoms with Crippen LogP contribution in [0.15, 0.2) is 60.7 Å². The van der Waals surface area contributed by atoms with Crippen LogP contribution in [0.25, 0.3) is 10.8 Å². The SMILES string of the molecule is COc1ccc(C(=O)NCc2ccc3ccccc3c2)cc1C. The van der Waals surface area contributed by atoms with Crippen molar-refractivity contribution in [3.8, 4) is 5.75 Å². The van der Waals surface area contributed by atoms with Gasteiger partial charge in [0.2, 0.25) is 0 Å². The molecule has 1 amide bonds. The number of aryl methyl sites for hydroxylation is 1. The van der Waals surface area contributed by atoms with Gasteiger partial charge in [0.15, 0.2) is 0 Å². The van der Waals surface area contributed by atoms with Crippen LogP contribution in [-0.2, 0) is 6.54 Å². The predicted octanol–water partition coefficient (Wildman–Crippen LogP) is 4.09. The smallest absolute Gasteiger partial charge is 0.251 e. The second kappa shape index (κ2) is 6.53. The summed E-state index contributed by atoms with van der Waals surface area (Å²) in [6, 6.07) is 19.9. The van der Waals surface area contributed by atoms with Gasteiger partial charge in [0.1, 0.15) is 5.75 Å². The Morgan fingerprint density at radius 2 is 1.78 bits per heavy atom. The van der Waals surface area contributed by atoms with Crippen molar-refractivity contribution in [1.29, 1.82) is 0 Å². The molecule has 0 spiro atoms. The Labute approximate surface area is 135 Å². The van der Waals surface area contributed by atoms with E-state index in [0.717, 1.165) is 16.9 Å². The van der Waals surface area contributed by atoms with Crippen LogP contribution in [0.1, 0.15) is 21.5 Å². The van der Waals surface area contributed by atoms with Crippen LogP contribution < -0.4 is 10.1 Å². The van der Waals surface area contributed by atoms with Crippen molar-refractivity contribution in [3.63, 3.8) is 0 Å². The monoisotopic (exact) mass is 305 g/mol. The third-order valence-electron chi connectivity index (χ3n) is 3.92. The van der Waals surface area contributed by atoms with Crippen LogP contribution in [0.4, 0.5) is 0 Å². The summed E-state index contributed by atoms with van der Waals surface area (Å²) in [6.45, 7) is 2.44. The topological polar surface area (TPSA) is 38.3 Å². The Hall–Kier alpha value is -2.81. The third kappa shape index (κ3) is 3.34. The first kappa shape index (κ1) is 15.1. The Morgan fingerprint density at radius 1 is 1.00 bits per heavy atom. The van der Waals surface area contributed by atoms with Crippen LogP contribution in [0.3, 0.4) is 0 Å². The number of carbonyl (C=O) groups is 1. The second-order valence-corrected chi connectivity index (χ2v) is 5.55. The van der Waals surface area contributed by atoms with Gasteiger partial charge in [-0.15, -0.1) is 0 Å². The van der Waals surface area contributed by atoms with Gasteiger partial charge in [-0.1, -0.05) is 36.4 Å². The molecule has 0 fully saturated rings. The van der Waals surface area contributed by atoms with E-state index in [1.54, 1.807) is 13.2 Å². The first-order chi connectivity index (χ1) is 11.2. The van der Waals surface area contributed by atoms with E-state index < -0.39 is 0 Å². The summed E-state index contributed by atoms with van der Waals surface area (Å²) in [6.07, 6.45) is 0. The fourth-order valence-corrected chi connectivity index (χ4v) is 2.65. The Balaban J connectivity index is 1.71. The average Bonchev–Trinajstić information content (AvgIpc) is 2.59. The molecular weight excluding hydrogens is 286 g/mol. The number of carbonyl (C=O) groups excluding carboxylic acids is 1. The molecule has 0 aliphatic heterocycles. The van der Waals surface area contributed by atoms with E-state index >= 15 is 0 Å². The highest BCUT2D eigenvalue weighted by Gasteiger charge is 2.08. The molecule has 1 N–H and O–H groups in total. The number of fused-ring (bicyclic) bond motifs is 1. The lowest BCUT2D eigenvalue weighted by atomic mass is 10.1. The van der Waals surface area contributed by atoms with E-state index in [9.17, 15) is 4.79 Å². The maximum atomic E-state index is 12.3. The Morgan fingerprint density at radius 3 is 2.52 bits per heavy atom. The molecule has 0 unspecified atom stereocenters. The molecule has 0 saturated heterocycles.